The molecule has 1 amide bonds. The standard InChI is InChI=1S/C23H32N4O5/c1-23(2,3)32-22(29)26-12-10-25(11-13-26)16-18-14-24-27(21(28)20(18)31-5)15-17-6-8-19(30-4)9-7-17/h6-9,14H,10-13,15-16H2,1-5H3. The first kappa shape index (κ1) is 23.6. The van der Waals surface area contributed by atoms with E-state index in [0.717, 1.165) is 16.9 Å². The number of carbonyl (C=O) groups is 1. The second-order valence-electron chi connectivity index (χ2n) is 8.76. The van der Waals surface area contributed by atoms with Crippen LogP contribution in [0.1, 0.15) is 31.9 Å². The zero-order chi connectivity index (χ0) is 23.3. The molecular weight excluding hydrogens is 412 g/mol. The molecule has 3 rings (SSSR count). The van der Waals surface area contributed by atoms with Crippen molar-refractivity contribution in [1.82, 2.24) is 19.6 Å². The molecule has 2 aromatic rings. The minimum atomic E-state index is -0.511. The Kier molecular flexibility index (Phi) is 7.40. The van der Waals surface area contributed by atoms with Crippen LogP contribution >= 0.6 is 0 Å². The molecule has 1 fully saturated rings. The van der Waals surface area contributed by atoms with Gasteiger partial charge in [-0.25, -0.2) is 9.48 Å². The summed E-state index contributed by atoms with van der Waals surface area (Å²) in [5, 5.41) is 4.36. The third kappa shape index (κ3) is 6.00. The molecule has 1 saturated heterocycles. The van der Waals surface area contributed by atoms with Gasteiger partial charge in [-0.05, 0) is 38.5 Å². The Morgan fingerprint density at radius 2 is 1.66 bits per heavy atom. The Hall–Kier alpha value is -3.07. The molecule has 32 heavy (non-hydrogen) atoms. The van der Waals surface area contributed by atoms with E-state index >= 15 is 0 Å². The fourth-order valence-corrected chi connectivity index (χ4v) is 3.51. The van der Waals surface area contributed by atoms with Gasteiger partial charge in [-0.2, -0.15) is 5.10 Å². The highest BCUT2D eigenvalue weighted by Crippen LogP contribution is 2.18. The molecule has 0 atom stereocenters. The van der Waals surface area contributed by atoms with Crippen molar-refractivity contribution in [1.29, 1.82) is 0 Å². The Labute approximate surface area is 188 Å². The highest BCUT2D eigenvalue weighted by Gasteiger charge is 2.26. The highest BCUT2D eigenvalue weighted by atomic mass is 16.6. The summed E-state index contributed by atoms with van der Waals surface area (Å²) in [6, 6.07) is 7.50. The molecule has 0 bridgehead atoms. The number of rotatable bonds is 6. The Balaban J connectivity index is 1.64. The minimum absolute atomic E-state index is 0.270. The van der Waals surface area contributed by atoms with Crippen molar-refractivity contribution in [2.45, 2.75) is 39.5 Å². The number of benzene rings is 1. The first-order valence-electron chi connectivity index (χ1n) is 10.7. The normalized spacial score (nSPS) is 14.8. The Morgan fingerprint density at radius 3 is 2.22 bits per heavy atom. The maximum absolute atomic E-state index is 12.9. The number of hydrogen-bond donors (Lipinski definition) is 0. The SMILES string of the molecule is COc1ccc(Cn2ncc(CN3CCN(C(=O)OC(C)(C)C)CC3)c(OC)c2=O)cc1. The lowest BCUT2D eigenvalue weighted by Crippen LogP contribution is -2.49. The van der Waals surface area contributed by atoms with Gasteiger partial charge in [0, 0.05) is 38.3 Å². The van der Waals surface area contributed by atoms with Gasteiger partial charge >= 0.3 is 11.7 Å². The van der Waals surface area contributed by atoms with Crippen LogP contribution in [0.25, 0.3) is 0 Å². The molecule has 0 N–H and O–H groups in total. The maximum Gasteiger partial charge on any atom is 0.410 e. The summed E-state index contributed by atoms with van der Waals surface area (Å²) in [6.07, 6.45) is 1.39. The number of ether oxygens (including phenoxy) is 3. The number of nitrogens with zero attached hydrogens (tertiary/aromatic N) is 4. The predicted octanol–water partition coefficient (Wildman–Crippen LogP) is 2.36. The number of piperazine rings is 1. The topological polar surface area (TPSA) is 86.1 Å². The zero-order valence-electron chi connectivity index (χ0n) is 19.5. The molecule has 1 aliphatic heterocycles. The van der Waals surface area contributed by atoms with Gasteiger partial charge in [-0.15, -0.1) is 0 Å². The summed E-state index contributed by atoms with van der Waals surface area (Å²) in [5.41, 5.74) is 0.888. The molecule has 0 unspecified atom stereocenters. The molecule has 1 aromatic carbocycles. The smallest absolute Gasteiger partial charge is 0.410 e. The van der Waals surface area contributed by atoms with Crippen molar-refractivity contribution in [3.63, 3.8) is 0 Å². The molecule has 0 radical (unpaired) electrons. The zero-order valence-corrected chi connectivity index (χ0v) is 19.5. The van der Waals surface area contributed by atoms with Crippen LogP contribution in [0.15, 0.2) is 35.3 Å². The highest BCUT2D eigenvalue weighted by molar-refractivity contribution is 5.68. The summed E-state index contributed by atoms with van der Waals surface area (Å²) in [7, 11) is 3.11. The van der Waals surface area contributed by atoms with Crippen molar-refractivity contribution in [2.75, 3.05) is 40.4 Å². The van der Waals surface area contributed by atoms with Gasteiger partial charge in [0.25, 0.3) is 0 Å². The van der Waals surface area contributed by atoms with Crippen LogP contribution < -0.4 is 15.0 Å². The molecule has 1 aromatic heterocycles. The fourth-order valence-electron chi connectivity index (χ4n) is 3.51. The van der Waals surface area contributed by atoms with Gasteiger partial charge < -0.3 is 19.1 Å². The van der Waals surface area contributed by atoms with E-state index in [4.69, 9.17) is 14.2 Å². The van der Waals surface area contributed by atoms with E-state index in [9.17, 15) is 9.59 Å². The quantitative estimate of drug-likeness (QED) is 0.676. The summed E-state index contributed by atoms with van der Waals surface area (Å²) >= 11 is 0. The van der Waals surface area contributed by atoms with Gasteiger partial charge in [-0.1, -0.05) is 12.1 Å². The average molecular weight is 445 g/mol. The molecule has 174 valence electrons. The number of methoxy groups -OCH3 is 2. The summed E-state index contributed by atoms with van der Waals surface area (Å²) in [5.74, 6) is 1.05. The van der Waals surface area contributed by atoms with Gasteiger partial charge in [0.15, 0.2) is 5.75 Å². The molecule has 2 heterocycles. The van der Waals surface area contributed by atoms with Crippen molar-refractivity contribution in [2.24, 2.45) is 0 Å². The first-order chi connectivity index (χ1) is 15.2. The van der Waals surface area contributed by atoms with Crippen LogP contribution in [0.2, 0.25) is 0 Å². The number of aromatic nitrogens is 2. The number of carbonyl (C=O) groups excluding carboxylic acids is 1. The van der Waals surface area contributed by atoms with Crippen molar-refractivity contribution >= 4 is 6.09 Å². The average Bonchev–Trinajstić information content (AvgIpc) is 2.75. The number of amides is 1. The van der Waals surface area contributed by atoms with Crippen molar-refractivity contribution in [3.8, 4) is 11.5 Å². The van der Waals surface area contributed by atoms with Crippen LogP contribution in [-0.4, -0.2) is 71.7 Å². The first-order valence-corrected chi connectivity index (χ1v) is 10.7. The van der Waals surface area contributed by atoms with Crippen LogP contribution in [-0.2, 0) is 17.8 Å². The molecule has 0 aliphatic carbocycles. The summed E-state index contributed by atoms with van der Waals surface area (Å²) in [4.78, 5) is 29.1. The monoisotopic (exact) mass is 444 g/mol. The number of hydrogen-bond acceptors (Lipinski definition) is 7. The lowest BCUT2D eigenvalue weighted by Gasteiger charge is -2.35. The van der Waals surface area contributed by atoms with Crippen LogP contribution in [0.5, 0.6) is 11.5 Å². The fraction of sp³-hybridized carbons (Fsp3) is 0.522. The third-order valence-electron chi connectivity index (χ3n) is 5.19. The lowest BCUT2D eigenvalue weighted by atomic mass is 10.2. The Bertz CT molecular complexity index is 973. The van der Waals surface area contributed by atoms with E-state index in [2.05, 4.69) is 10.00 Å². The maximum atomic E-state index is 12.9. The van der Waals surface area contributed by atoms with E-state index < -0.39 is 5.60 Å². The molecule has 9 nitrogen and oxygen atoms in total. The van der Waals surface area contributed by atoms with E-state index in [1.54, 1.807) is 18.2 Å². The van der Waals surface area contributed by atoms with Crippen LogP contribution in [0, 0.1) is 0 Å². The van der Waals surface area contributed by atoms with Crippen molar-refractivity contribution in [3.05, 3.63) is 51.9 Å². The lowest BCUT2D eigenvalue weighted by molar-refractivity contribution is 0.0138. The van der Waals surface area contributed by atoms with Gasteiger partial charge in [0.1, 0.15) is 11.4 Å². The van der Waals surface area contributed by atoms with Gasteiger partial charge in [0.05, 0.1) is 27.0 Å². The largest absolute Gasteiger partial charge is 0.497 e. The second kappa shape index (κ2) is 10.0. The van der Waals surface area contributed by atoms with E-state index in [0.29, 0.717) is 45.0 Å². The van der Waals surface area contributed by atoms with Gasteiger partial charge in [-0.3, -0.25) is 9.69 Å². The predicted molar refractivity (Wildman–Crippen MR) is 120 cm³/mol. The van der Waals surface area contributed by atoms with Gasteiger partial charge in [0.2, 0.25) is 0 Å². The molecular formula is C23H32N4O5. The van der Waals surface area contributed by atoms with E-state index in [1.807, 2.05) is 45.0 Å². The Morgan fingerprint density at radius 1 is 1.00 bits per heavy atom. The third-order valence-corrected chi connectivity index (χ3v) is 5.19. The van der Waals surface area contributed by atoms with Crippen LogP contribution in [0.4, 0.5) is 4.79 Å². The summed E-state index contributed by atoms with van der Waals surface area (Å²) in [6.45, 7) is 8.93. The minimum Gasteiger partial charge on any atom is -0.497 e. The van der Waals surface area contributed by atoms with E-state index in [1.165, 1.54) is 11.8 Å². The molecule has 0 spiro atoms. The van der Waals surface area contributed by atoms with Crippen molar-refractivity contribution < 1.29 is 19.0 Å². The molecule has 1 aliphatic rings. The second-order valence-corrected chi connectivity index (χ2v) is 8.76. The van der Waals surface area contributed by atoms with Crippen LogP contribution in [0.3, 0.4) is 0 Å². The summed E-state index contributed by atoms with van der Waals surface area (Å²) < 4.78 is 17.5. The van der Waals surface area contributed by atoms with E-state index in [-0.39, 0.29) is 11.7 Å². The molecule has 9 heteroatoms. The molecule has 0 saturated carbocycles.